The average molecular weight is 344 g/mol. The van der Waals surface area contributed by atoms with Crippen LogP contribution in [0.25, 0.3) is 11.3 Å². The summed E-state index contributed by atoms with van der Waals surface area (Å²) in [5, 5.41) is 13.2. The number of esters is 1. The average Bonchev–Trinajstić information content (AvgIpc) is 2.65. The molecule has 0 saturated carbocycles. The van der Waals surface area contributed by atoms with Crippen LogP contribution < -0.4 is 10.1 Å². The Morgan fingerprint density at radius 2 is 1.77 bits per heavy atom. The summed E-state index contributed by atoms with van der Waals surface area (Å²) in [5.41, 5.74) is 0.361. The minimum atomic E-state index is -0.682. The van der Waals surface area contributed by atoms with E-state index in [0.29, 0.717) is 15.6 Å². The highest BCUT2D eigenvalue weighted by Gasteiger charge is 2.25. The van der Waals surface area contributed by atoms with Crippen LogP contribution in [0, 0.1) is 0 Å². The van der Waals surface area contributed by atoms with Gasteiger partial charge in [-0.15, -0.1) is 0 Å². The molecule has 0 aliphatic carbocycles. The summed E-state index contributed by atoms with van der Waals surface area (Å²) in [5.74, 6) is -2.10. The monoisotopic (exact) mass is 343 g/mol. The first-order chi connectivity index (χ1) is 10.3. The third kappa shape index (κ3) is 3.52. The molecular weight excluding hydrogens is 333 g/mol. The zero-order valence-corrected chi connectivity index (χ0v) is 13.1. The summed E-state index contributed by atoms with van der Waals surface area (Å²) in [4.78, 5) is 22.3. The van der Waals surface area contributed by atoms with Gasteiger partial charge in [-0.1, -0.05) is 23.2 Å². The lowest BCUT2D eigenvalue weighted by molar-refractivity contribution is -0.132. The van der Waals surface area contributed by atoms with Crippen molar-refractivity contribution in [2.75, 3.05) is 5.32 Å². The van der Waals surface area contributed by atoms with Gasteiger partial charge in [-0.05, 0) is 18.2 Å². The second-order valence-electron chi connectivity index (χ2n) is 4.37. The Kier molecular flexibility index (Phi) is 4.63. The molecule has 2 rings (SSSR count). The Balaban J connectivity index is 2.58. The van der Waals surface area contributed by atoms with Gasteiger partial charge in [-0.2, -0.15) is 0 Å². The van der Waals surface area contributed by atoms with Gasteiger partial charge in [0.15, 0.2) is 5.76 Å². The lowest BCUT2D eigenvalue weighted by Gasteiger charge is -2.01. The van der Waals surface area contributed by atoms with Crippen LogP contribution in [0.5, 0.6) is 11.5 Å². The number of nitrogens with one attached hydrogen (secondary N) is 1. The molecule has 22 heavy (non-hydrogen) atoms. The van der Waals surface area contributed by atoms with E-state index in [9.17, 15) is 14.7 Å². The molecule has 2 N–H and O–H groups in total. The SMILES string of the molecule is CC(=O)Nc1oc(-c2cc(Cl)cc(Cl)c2)c(O)c1OC(C)=O. The van der Waals surface area contributed by atoms with Gasteiger partial charge in [0.2, 0.25) is 23.3 Å². The number of halogens is 2. The zero-order valence-electron chi connectivity index (χ0n) is 11.6. The third-order valence-corrected chi connectivity index (χ3v) is 2.94. The Morgan fingerprint density at radius 1 is 1.18 bits per heavy atom. The van der Waals surface area contributed by atoms with E-state index in [1.54, 1.807) is 0 Å². The molecule has 1 aromatic carbocycles. The summed E-state index contributed by atoms with van der Waals surface area (Å²) in [6.07, 6.45) is 0. The van der Waals surface area contributed by atoms with Gasteiger partial charge in [-0.25, -0.2) is 0 Å². The Labute approximate surface area is 135 Å². The minimum Gasteiger partial charge on any atom is -0.502 e. The number of benzene rings is 1. The topological polar surface area (TPSA) is 88.8 Å². The predicted octanol–water partition coefficient (Wildman–Crippen LogP) is 3.84. The zero-order chi connectivity index (χ0) is 16.4. The summed E-state index contributed by atoms with van der Waals surface area (Å²) in [6, 6.07) is 4.51. The van der Waals surface area contributed by atoms with Gasteiger partial charge >= 0.3 is 5.97 Å². The van der Waals surface area contributed by atoms with Crippen molar-refractivity contribution in [2.45, 2.75) is 13.8 Å². The van der Waals surface area contributed by atoms with E-state index in [1.807, 2.05) is 0 Å². The number of anilines is 1. The Hall–Kier alpha value is -2.18. The fourth-order valence-corrected chi connectivity index (χ4v) is 2.29. The molecule has 1 heterocycles. The van der Waals surface area contributed by atoms with Crippen LogP contribution in [-0.2, 0) is 9.59 Å². The molecule has 0 spiro atoms. The Morgan fingerprint density at radius 3 is 2.27 bits per heavy atom. The first-order valence-electron chi connectivity index (χ1n) is 6.06. The van der Waals surface area contributed by atoms with Crippen LogP contribution in [0.15, 0.2) is 22.6 Å². The number of carbonyl (C=O) groups excluding carboxylic acids is 2. The molecule has 1 amide bonds. The second-order valence-corrected chi connectivity index (χ2v) is 5.24. The number of rotatable bonds is 3. The van der Waals surface area contributed by atoms with Crippen LogP contribution in [0.2, 0.25) is 10.0 Å². The number of furan rings is 1. The lowest BCUT2D eigenvalue weighted by Crippen LogP contribution is -2.08. The number of amides is 1. The molecule has 6 nitrogen and oxygen atoms in total. The Bertz CT molecular complexity index is 734. The van der Waals surface area contributed by atoms with Crippen molar-refractivity contribution in [3.63, 3.8) is 0 Å². The van der Waals surface area contributed by atoms with Crippen molar-refractivity contribution < 1.29 is 23.8 Å². The molecular formula is C14H11Cl2NO5. The van der Waals surface area contributed by atoms with Gasteiger partial charge in [0, 0.05) is 29.5 Å². The van der Waals surface area contributed by atoms with Crippen LogP contribution >= 0.6 is 23.2 Å². The highest BCUT2D eigenvalue weighted by Crippen LogP contribution is 2.47. The van der Waals surface area contributed by atoms with Crippen molar-refractivity contribution in [1.29, 1.82) is 0 Å². The molecule has 1 aromatic heterocycles. The number of ether oxygens (including phenoxy) is 1. The number of carbonyl (C=O) groups is 2. The van der Waals surface area contributed by atoms with Crippen molar-refractivity contribution in [2.24, 2.45) is 0 Å². The molecule has 0 saturated heterocycles. The first kappa shape index (κ1) is 16.2. The van der Waals surface area contributed by atoms with E-state index < -0.39 is 17.6 Å². The molecule has 0 unspecified atom stereocenters. The number of hydrogen-bond acceptors (Lipinski definition) is 5. The van der Waals surface area contributed by atoms with Crippen LogP contribution in [0.3, 0.4) is 0 Å². The van der Waals surface area contributed by atoms with Crippen LogP contribution in [0.4, 0.5) is 5.88 Å². The van der Waals surface area contributed by atoms with Crippen molar-refractivity contribution in [3.05, 3.63) is 28.2 Å². The maximum atomic E-state index is 11.2. The highest BCUT2D eigenvalue weighted by atomic mass is 35.5. The fourth-order valence-electron chi connectivity index (χ4n) is 1.77. The van der Waals surface area contributed by atoms with Crippen LogP contribution in [-0.4, -0.2) is 17.0 Å². The summed E-state index contributed by atoms with van der Waals surface area (Å²) in [6.45, 7) is 2.40. The molecule has 116 valence electrons. The van der Waals surface area contributed by atoms with E-state index >= 15 is 0 Å². The predicted molar refractivity (Wildman–Crippen MR) is 81.4 cm³/mol. The summed E-state index contributed by atoms with van der Waals surface area (Å²) >= 11 is 11.8. The van der Waals surface area contributed by atoms with Crippen molar-refractivity contribution >= 4 is 41.0 Å². The lowest BCUT2D eigenvalue weighted by atomic mass is 10.1. The molecule has 0 aliphatic rings. The number of hydrogen-bond donors (Lipinski definition) is 2. The van der Waals surface area contributed by atoms with Crippen LogP contribution in [0.1, 0.15) is 13.8 Å². The maximum Gasteiger partial charge on any atom is 0.308 e. The first-order valence-corrected chi connectivity index (χ1v) is 6.81. The van der Waals surface area contributed by atoms with Gasteiger partial charge in [0.25, 0.3) is 0 Å². The molecule has 0 aliphatic heterocycles. The van der Waals surface area contributed by atoms with Gasteiger partial charge in [-0.3, -0.25) is 14.9 Å². The standard InChI is InChI=1S/C14H11Cl2NO5/c1-6(18)17-14-13(21-7(2)19)11(20)12(22-14)8-3-9(15)5-10(16)4-8/h3-5,20H,1-2H3,(H,17,18). The second kappa shape index (κ2) is 6.29. The minimum absolute atomic E-state index is 0.0376. The van der Waals surface area contributed by atoms with E-state index in [2.05, 4.69) is 5.32 Å². The smallest absolute Gasteiger partial charge is 0.308 e. The maximum absolute atomic E-state index is 11.2. The summed E-state index contributed by atoms with van der Waals surface area (Å²) < 4.78 is 10.3. The molecule has 2 aromatic rings. The van der Waals surface area contributed by atoms with E-state index in [4.69, 9.17) is 32.4 Å². The third-order valence-electron chi connectivity index (χ3n) is 2.50. The molecule has 8 heteroatoms. The van der Waals surface area contributed by atoms with Crippen molar-refractivity contribution in [3.8, 4) is 22.8 Å². The molecule has 0 fully saturated rings. The molecule has 0 radical (unpaired) electrons. The van der Waals surface area contributed by atoms with Gasteiger partial charge in [0.05, 0.1) is 0 Å². The van der Waals surface area contributed by atoms with Gasteiger partial charge < -0.3 is 14.3 Å². The van der Waals surface area contributed by atoms with Crippen molar-refractivity contribution in [1.82, 2.24) is 0 Å². The number of aromatic hydroxyl groups is 1. The normalized spacial score (nSPS) is 10.4. The largest absolute Gasteiger partial charge is 0.502 e. The molecule has 0 atom stereocenters. The highest BCUT2D eigenvalue weighted by molar-refractivity contribution is 6.35. The van der Waals surface area contributed by atoms with E-state index in [-0.39, 0.29) is 17.4 Å². The van der Waals surface area contributed by atoms with E-state index in [1.165, 1.54) is 25.1 Å². The quantitative estimate of drug-likeness (QED) is 0.826. The fraction of sp³-hybridized carbons (Fsp3) is 0.143. The molecule has 0 bridgehead atoms. The van der Waals surface area contributed by atoms with E-state index in [0.717, 1.165) is 6.92 Å². The summed E-state index contributed by atoms with van der Waals surface area (Å²) in [7, 11) is 0. The van der Waals surface area contributed by atoms with Gasteiger partial charge in [0.1, 0.15) is 0 Å².